The number of aromatic nitrogens is 1. The number of rotatable bonds is 7. The molecule has 2 aromatic heterocycles. The Morgan fingerprint density at radius 1 is 0.891 bits per heavy atom. The van der Waals surface area contributed by atoms with E-state index in [4.69, 9.17) is 4.74 Å². The number of ether oxygens (including phenoxy) is 1. The highest BCUT2D eigenvalue weighted by Crippen LogP contribution is 2.43. The van der Waals surface area contributed by atoms with Crippen molar-refractivity contribution < 1.29 is 24.2 Å². The van der Waals surface area contributed by atoms with E-state index >= 15 is 0 Å². The van der Waals surface area contributed by atoms with E-state index in [0.29, 0.717) is 41.3 Å². The summed E-state index contributed by atoms with van der Waals surface area (Å²) in [5.74, 6) is -1.13. The number of aromatic amines is 1. The Balaban J connectivity index is 0.00000116. The van der Waals surface area contributed by atoms with Gasteiger partial charge >= 0.3 is 5.97 Å². The summed E-state index contributed by atoms with van der Waals surface area (Å²) in [5, 5.41) is 19.0. The number of carbonyl (C=O) groups excluding carboxylic acids is 2. The molecule has 0 atom stereocenters. The number of hydrogen-bond acceptors (Lipinski definition) is 5. The molecule has 2 amide bonds. The third kappa shape index (κ3) is 7.32. The van der Waals surface area contributed by atoms with Crippen LogP contribution in [-0.4, -0.2) is 41.0 Å². The van der Waals surface area contributed by atoms with E-state index in [2.05, 4.69) is 21.7 Å². The van der Waals surface area contributed by atoms with Gasteiger partial charge in [-0.15, -0.1) is 11.3 Å². The molecule has 240 valence electrons. The Kier molecular flexibility index (Phi) is 11.4. The summed E-state index contributed by atoms with van der Waals surface area (Å²) in [6, 6.07) is 17.6. The molecule has 8 nitrogen and oxygen atoms in total. The maximum Gasteiger partial charge on any atom is 0.336 e. The Hall–Kier alpha value is -4.89. The van der Waals surface area contributed by atoms with E-state index in [-0.39, 0.29) is 28.9 Å². The number of amides is 2. The summed E-state index contributed by atoms with van der Waals surface area (Å²) >= 11 is 1.58. The standard InChI is InChI=1S/C33H29N3O5S.2C2H6/c1-18(2)17-35-31(37)21-3-5-23(26(14-21)33(39)40)24-16-29-27(30-19(8-11-41-29)9-12-42-30)15-25(24)32(38)36-22-4-6-28-20(13-22)7-10-34-28;2*1-2/h3-7,9-10,12-16,18,34H,8,11,17H2,1-2H3,(H,35,37)(H,36,38)(H,39,40);2*1-2H3. The Labute approximate surface area is 273 Å². The smallest absolute Gasteiger partial charge is 0.336 e. The molecule has 4 N–H and O–H groups in total. The number of thiophene rings is 1. The number of fused-ring (bicyclic) bond motifs is 4. The highest BCUT2D eigenvalue weighted by molar-refractivity contribution is 7.13. The predicted octanol–water partition coefficient (Wildman–Crippen LogP) is 8.89. The van der Waals surface area contributed by atoms with Crippen LogP contribution in [-0.2, 0) is 6.42 Å². The maximum absolute atomic E-state index is 13.9. The van der Waals surface area contributed by atoms with E-state index in [1.807, 2.05) is 77.4 Å². The van der Waals surface area contributed by atoms with Gasteiger partial charge in [0, 0.05) is 57.3 Å². The molecule has 0 aliphatic carbocycles. The minimum Gasteiger partial charge on any atom is -0.493 e. The number of carboxylic acid groups (broad SMARTS) is 1. The van der Waals surface area contributed by atoms with Crippen LogP contribution in [0.25, 0.3) is 32.5 Å². The predicted molar refractivity (Wildman–Crippen MR) is 187 cm³/mol. The van der Waals surface area contributed by atoms with Crippen molar-refractivity contribution >= 4 is 45.7 Å². The number of hydrogen-bond donors (Lipinski definition) is 4. The number of nitrogens with one attached hydrogen (secondary N) is 3. The van der Waals surface area contributed by atoms with Crippen LogP contribution in [0.5, 0.6) is 5.75 Å². The molecule has 5 aromatic rings. The summed E-state index contributed by atoms with van der Waals surface area (Å²) in [4.78, 5) is 43.4. The van der Waals surface area contributed by atoms with Crippen molar-refractivity contribution in [2.24, 2.45) is 5.92 Å². The molecule has 46 heavy (non-hydrogen) atoms. The van der Waals surface area contributed by atoms with Gasteiger partial charge in [-0.05, 0) is 82.6 Å². The fourth-order valence-corrected chi connectivity index (χ4v) is 6.13. The molecule has 3 aromatic carbocycles. The monoisotopic (exact) mass is 639 g/mol. The van der Waals surface area contributed by atoms with E-state index < -0.39 is 5.97 Å². The first-order valence-corrected chi connectivity index (χ1v) is 16.6. The highest BCUT2D eigenvalue weighted by Gasteiger charge is 2.26. The number of carbonyl (C=O) groups is 3. The van der Waals surface area contributed by atoms with Crippen molar-refractivity contribution in [2.75, 3.05) is 18.5 Å². The van der Waals surface area contributed by atoms with Crippen LogP contribution in [0, 0.1) is 5.92 Å². The molecule has 0 spiro atoms. The van der Waals surface area contributed by atoms with Gasteiger partial charge in [0.1, 0.15) is 5.75 Å². The summed E-state index contributed by atoms with van der Waals surface area (Å²) in [6.07, 6.45) is 2.56. The first-order valence-electron chi connectivity index (χ1n) is 15.7. The topological polar surface area (TPSA) is 121 Å². The van der Waals surface area contributed by atoms with Crippen LogP contribution >= 0.6 is 11.3 Å². The number of benzene rings is 3. The summed E-state index contributed by atoms with van der Waals surface area (Å²) in [7, 11) is 0. The molecule has 0 bridgehead atoms. The Bertz CT molecular complexity index is 1850. The van der Waals surface area contributed by atoms with Gasteiger partial charge in [0.05, 0.1) is 12.2 Å². The SMILES string of the molecule is CC.CC.CC(C)CNC(=O)c1ccc(-c2cc3c(cc2C(=O)Nc2ccc4[nH]ccc4c2)-c2sccc2CCO3)c(C(=O)O)c1. The lowest BCUT2D eigenvalue weighted by atomic mass is 9.91. The zero-order valence-electron chi connectivity index (χ0n) is 27.1. The lowest BCUT2D eigenvalue weighted by molar-refractivity contribution is 0.0697. The molecule has 1 aliphatic rings. The van der Waals surface area contributed by atoms with Crippen LogP contribution in [0.3, 0.4) is 0 Å². The average Bonchev–Trinajstić information content (AvgIpc) is 3.71. The summed E-state index contributed by atoms with van der Waals surface area (Å²) < 4.78 is 6.12. The van der Waals surface area contributed by atoms with Crippen molar-refractivity contribution in [1.29, 1.82) is 0 Å². The molecule has 6 rings (SSSR count). The van der Waals surface area contributed by atoms with Crippen LogP contribution in [0.4, 0.5) is 5.69 Å². The molecule has 9 heteroatoms. The molecular weight excluding hydrogens is 598 g/mol. The largest absolute Gasteiger partial charge is 0.493 e. The highest BCUT2D eigenvalue weighted by atomic mass is 32.1. The van der Waals surface area contributed by atoms with Gasteiger partial charge in [-0.3, -0.25) is 9.59 Å². The summed E-state index contributed by atoms with van der Waals surface area (Å²) in [6.45, 7) is 12.9. The number of aromatic carboxylic acids is 1. The lowest BCUT2D eigenvalue weighted by Crippen LogP contribution is -2.27. The van der Waals surface area contributed by atoms with Crippen molar-refractivity contribution in [3.8, 4) is 27.3 Å². The fraction of sp³-hybridized carbons (Fsp3) is 0.270. The molecule has 0 radical (unpaired) electrons. The Morgan fingerprint density at radius 2 is 1.67 bits per heavy atom. The molecule has 0 fully saturated rings. The van der Waals surface area contributed by atoms with E-state index in [0.717, 1.165) is 33.3 Å². The molecule has 0 saturated heterocycles. The van der Waals surface area contributed by atoms with Gasteiger partial charge in [-0.2, -0.15) is 0 Å². The molecular formula is C37H41N3O5S. The van der Waals surface area contributed by atoms with Gasteiger partial charge in [0.2, 0.25) is 0 Å². The fourth-order valence-electron chi connectivity index (χ4n) is 5.15. The van der Waals surface area contributed by atoms with Crippen molar-refractivity contribution in [3.63, 3.8) is 0 Å². The minimum absolute atomic E-state index is 0.0830. The second-order valence-electron chi connectivity index (χ2n) is 10.7. The van der Waals surface area contributed by atoms with Crippen LogP contribution in [0.2, 0.25) is 0 Å². The molecule has 0 saturated carbocycles. The maximum atomic E-state index is 13.9. The third-order valence-electron chi connectivity index (χ3n) is 7.27. The first kappa shape index (κ1) is 34.0. The van der Waals surface area contributed by atoms with Gasteiger partial charge in [-0.1, -0.05) is 47.6 Å². The van der Waals surface area contributed by atoms with Gasteiger partial charge in [-0.25, -0.2) is 4.79 Å². The van der Waals surface area contributed by atoms with E-state index in [1.54, 1.807) is 35.6 Å². The number of carboxylic acids is 1. The van der Waals surface area contributed by atoms with E-state index in [1.165, 1.54) is 6.07 Å². The quantitative estimate of drug-likeness (QED) is 0.142. The molecule has 3 heterocycles. The summed E-state index contributed by atoms with van der Waals surface area (Å²) in [5.41, 5.74) is 4.65. The van der Waals surface area contributed by atoms with E-state index in [9.17, 15) is 19.5 Å². The van der Waals surface area contributed by atoms with Crippen molar-refractivity contribution in [2.45, 2.75) is 48.0 Å². The third-order valence-corrected chi connectivity index (χ3v) is 8.26. The van der Waals surface area contributed by atoms with Crippen molar-refractivity contribution in [1.82, 2.24) is 10.3 Å². The zero-order valence-corrected chi connectivity index (χ0v) is 27.9. The van der Waals surface area contributed by atoms with Crippen LogP contribution < -0.4 is 15.4 Å². The average molecular weight is 640 g/mol. The molecule has 0 unspecified atom stereocenters. The number of anilines is 1. The second-order valence-corrected chi connectivity index (χ2v) is 11.6. The second kappa shape index (κ2) is 15.4. The van der Waals surface area contributed by atoms with Crippen LogP contribution in [0.1, 0.15) is 78.2 Å². The van der Waals surface area contributed by atoms with Gasteiger partial charge in [0.15, 0.2) is 0 Å². The molecule has 1 aliphatic heterocycles. The zero-order chi connectivity index (χ0) is 33.4. The Morgan fingerprint density at radius 3 is 2.41 bits per heavy atom. The minimum atomic E-state index is -1.20. The number of H-pyrrole nitrogens is 1. The normalized spacial score (nSPS) is 11.5. The first-order chi connectivity index (χ1) is 22.3. The lowest BCUT2D eigenvalue weighted by Gasteiger charge is -2.17. The van der Waals surface area contributed by atoms with Gasteiger partial charge < -0.3 is 25.5 Å². The van der Waals surface area contributed by atoms with Gasteiger partial charge in [0.25, 0.3) is 11.8 Å². The van der Waals surface area contributed by atoms with Crippen LogP contribution in [0.15, 0.2) is 72.2 Å². The van der Waals surface area contributed by atoms with Crippen molar-refractivity contribution in [3.05, 3.63) is 94.5 Å².